The summed E-state index contributed by atoms with van der Waals surface area (Å²) in [5, 5.41) is -0.132. The van der Waals surface area contributed by atoms with Crippen LogP contribution in [0.3, 0.4) is 0 Å². The topological polar surface area (TPSA) is 82.6 Å². The fourth-order valence-corrected chi connectivity index (χ4v) is 4.57. The Labute approximate surface area is 189 Å². The van der Waals surface area contributed by atoms with Gasteiger partial charge in [0, 0.05) is 38.8 Å². The standard InChI is InChI=1S/C20H22ClF3N4O3S/c1-27(13-14-5-3-2-4-6-14)32(30,31)26-19(29)15-7-9-28(10-8-15)18-17(21)11-16(12-25-18)20(22,23)24/h2-6,11-12,15H,7-10,13H2,1H3,(H,26,29). The van der Waals surface area contributed by atoms with E-state index in [9.17, 15) is 26.4 Å². The van der Waals surface area contributed by atoms with E-state index in [0.717, 1.165) is 22.1 Å². The van der Waals surface area contributed by atoms with E-state index in [0.29, 0.717) is 25.9 Å². The molecule has 0 unspecified atom stereocenters. The summed E-state index contributed by atoms with van der Waals surface area (Å²) < 4.78 is 66.5. The van der Waals surface area contributed by atoms with Gasteiger partial charge in [-0.2, -0.15) is 25.9 Å². The first kappa shape index (κ1) is 24.3. The number of amides is 1. The van der Waals surface area contributed by atoms with Crippen LogP contribution in [0.25, 0.3) is 0 Å². The molecular formula is C20H22ClF3N4O3S. The number of hydrogen-bond acceptors (Lipinski definition) is 5. The van der Waals surface area contributed by atoms with Gasteiger partial charge in [-0.05, 0) is 24.5 Å². The number of aromatic nitrogens is 1. The highest BCUT2D eigenvalue weighted by Crippen LogP contribution is 2.34. The maximum atomic E-state index is 12.8. The smallest absolute Gasteiger partial charge is 0.355 e. The van der Waals surface area contributed by atoms with Crippen LogP contribution in [0.2, 0.25) is 5.02 Å². The zero-order valence-electron chi connectivity index (χ0n) is 17.1. The van der Waals surface area contributed by atoms with E-state index in [4.69, 9.17) is 11.6 Å². The normalized spacial score (nSPS) is 15.8. The van der Waals surface area contributed by atoms with Gasteiger partial charge >= 0.3 is 16.4 Å². The number of piperidine rings is 1. The minimum absolute atomic E-state index is 0.111. The summed E-state index contributed by atoms with van der Waals surface area (Å²) in [6.07, 6.45) is -3.21. The molecule has 7 nitrogen and oxygen atoms in total. The predicted molar refractivity (Wildman–Crippen MR) is 114 cm³/mol. The van der Waals surface area contributed by atoms with Gasteiger partial charge in [-0.15, -0.1) is 0 Å². The van der Waals surface area contributed by atoms with Crippen molar-refractivity contribution in [3.63, 3.8) is 0 Å². The number of alkyl halides is 3. The Hall–Kier alpha value is -2.37. The maximum absolute atomic E-state index is 12.8. The zero-order chi connectivity index (χ0) is 23.5. The predicted octanol–water partition coefficient (Wildman–Crippen LogP) is 3.46. The van der Waals surface area contributed by atoms with Gasteiger partial charge in [0.15, 0.2) is 0 Å². The largest absolute Gasteiger partial charge is 0.417 e. The molecule has 2 aromatic rings. The Kier molecular flexibility index (Phi) is 7.31. The monoisotopic (exact) mass is 490 g/mol. The molecule has 1 amide bonds. The lowest BCUT2D eigenvalue weighted by atomic mass is 9.96. The lowest BCUT2D eigenvalue weighted by molar-refractivity contribution is -0.137. The van der Waals surface area contributed by atoms with Crippen LogP contribution in [0.5, 0.6) is 0 Å². The molecule has 0 bridgehead atoms. The summed E-state index contributed by atoms with van der Waals surface area (Å²) in [7, 11) is -2.64. The van der Waals surface area contributed by atoms with Gasteiger partial charge < -0.3 is 4.90 Å². The second-order valence-electron chi connectivity index (χ2n) is 7.50. The van der Waals surface area contributed by atoms with Gasteiger partial charge in [-0.25, -0.2) is 9.71 Å². The number of anilines is 1. The fourth-order valence-electron chi connectivity index (χ4n) is 3.39. The molecule has 0 saturated carbocycles. The zero-order valence-corrected chi connectivity index (χ0v) is 18.7. The summed E-state index contributed by atoms with van der Waals surface area (Å²) in [6, 6.07) is 9.78. The molecule has 0 atom stereocenters. The van der Waals surface area contributed by atoms with E-state index in [1.54, 1.807) is 29.2 Å². The Morgan fingerprint density at radius 3 is 2.44 bits per heavy atom. The molecule has 0 aliphatic carbocycles. The van der Waals surface area contributed by atoms with Crippen LogP contribution in [0.4, 0.5) is 19.0 Å². The summed E-state index contributed by atoms with van der Waals surface area (Å²) in [5.74, 6) is -0.968. The van der Waals surface area contributed by atoms with Crippen LogP contribution in [0.1, 0.15) is 24.0 Å². The van der Waals surface area contributed by atoms with Crippen LogP contribution in [0.15, 0.2) is 42.6 Å². The van der Waals surface area contributed by atoms with Gasteiger partial charge in [0.2, 0.25) is 5.91 Å². The second-order valence-corrected chi connectivity index (χ2v) is 9.69. The van der Waals surface area contributed by atoms with E-state index in [2.05, 4.69) is 9.71 Å². The summed E-state index contributed by atoms with van der Waals surface area (Å²) in [5.41, 5.74) is -0.160. The van der Waals surface area contributed by atoms with E-state index >= 15 is 0 Å². The number of hydrogen-bond donors (Lipinski definition) is 1. The van der Waals surface area contributed by atoms with Crippen molar-refractivity contribution in [3.05, 3.63) is 58.7 Å². The lowest BCUT2D eigenvalue weighted by Crippen LogP contribution is -2.46. The number of nitrogens with one attached hydrogen (secondary N) is 1. The lowest BCUT2D eigenvalue weighted by Gasteiger charge is -2.32. The molecule has 12 heteroatoms. The molecule has 1 N–H and O–H groups in total. The molecule has 3 rings (SSSR count). The highest BCUT2D eigenvalue weighted by molar-refractivity contribution is 7.87. The van der Waals surface area contributed by atoms with Crippen molar-refractivity contribution >= 4 is 33.5 Å². The molecule has 1 aliphatic heterocycles. The Morgan fingerprint density at radius 2 is 1.88 bits per heavy atom. The van der Waals surface area contributed by atoms with E-state index in [-0.39, 0.29) is 17.4 Å². The third-order valence-electron chi connectivity index (χ3n) is 5.20. The highest BCUT2D eigenvalue weighted by atomic mass is 35.5. The highest BCUT2D eigenvalue weighted by Gasteiger charge is 2.33. The summed E-state index contributed by atoms with van der Waals surface area (Å²) in [4.78, 5) is 18.0. The number of benzene rings is 1. The molecule has 1 saturated heterocycles. The third kappa shape index (κ3) is 5.90. The average molecular weight is 491 g/mol. The molecule has 1 aromatic heterocycles. The third-order valence-corrected chi connectivity index (χ3v) is 6.89. The van der Waals surface area contributed by atoms with Crippen molar-refractivity contribution < 1.29 is 26.4 Å². The first-order valence-electron chi connectivity index (χ1n) is 9.77. The van der Waals surface area contributed by atoms with Crippen molar-refractivity contribution in [1.82, 2.24) is 14.0 Å². The Bertz CT molecular complexity index is 1060. The average Bonchev–Trinajstić information content (AvgIpc) is 2.73. The molecule has 0 spiro atoms. The van der Waals surface area contributed by atoms with Crippen molar-refractivity contribution in [1.29, 1.82) is 0 Å². The summed E-state index contributed by atoms with van der Waals surface area (Å²) in [6.45, 7) is 0.714. The van der Waals surface area contributed by atoms with Crippen LogP contribution >= 0.6 is 11.6 Å². The van der Waals surface area contributed by atoms with Crippen molar-refractivity contribution in [2.24, 2.45) is 5.92 Å². The van der Waals surface area contributed by atoms with Gasteiger partial charge in [-0.3, -0.25) is 4.79 Å². The number of nitrogens with zero attached hydrogens (tertiary/aromatic N) is 3. The van der Waals surface area contributed by atoms with E-state index < -0.39 is 33.8 Å². The number of halogens is 4. The van der Waals surface area contributed by atoms with Crippen LogP contribution in [-0.2, 0) is 27.7 Å². The molecule has 1 aromatic carbocycles. The fraction of sp³-hybridized carbons (Fsp3) is 0.400. The molecule has 2 heterocycles. The quantitative estimate of drug-likeness (QED) is 0.670. The molecule has 174 valence electrons. The maximum Gasteiger partial charge on any atom is 0.417 e. The van der Waals surface area contributed by atoms with Crippen LogP contribution in [0, 0.1) is 5.92 Å². The first-order valence-corrected chi connectivity index (χ1v) is 11.6. The van der Waals surface area contributed by atoms with Crippen molar-refractivity contribution in [3.8, 4) is 0 Å². The van der Waals surface area contributed by atoms with Crippen LogP contribution < -0.4 is 9.62 Å². The van der Waals surface area contributed by atoms with Gasteiger partial charge in [0.1, 0.15) is 5.82 Å². The number of carbonyl (C=O) groups excluding carboxylic acids is 1. The van der Waals surface area contributed by atoms with E-state index in [1.807, 2.05) is 6.07 Å². The first-order chi connectivity index (χ1) is 15.0. The molecule has 1 fully saturated rings. The Balaban J connectivity index is 1.57. The molecular weight excluding hydrogens is 469 g/mol. The second kappa shape index (κ2) is 9.63. The van der Waals surface area contributed by atoms with Gasteiger partial charge in [-0.1, -0.05) is 41.9 Å². The minimum Gasteiger partial charge on any atom is -0.355 e. The molecule has 32 heavy (non-hydrogen) atoms. The number of carbonyl (C=O) groups is 1. The van der Waals surface area contributed by atoms with Gasteiger partial charge in [0.05, 0.1) is 10.6 Å². The van der Waals surface area contributed by atoms with Crippen LogP contribution in [-0.4, -0.2) is 43.8 Å². The minimum atomic E-state index is -4.54. The molecule has 0 radical (unpaired) electrons. The summed E-state index contributed by atoms with van der Waals surface area (Å²) >= 11 is 5.99. The van der Waals surface area contributed by atoms with Crippen molar-refractivity contribution in [2.45, 2.75) is 25.6 Å². The number of rotatable bonds is 6. The van der Waals surface area contributed by atoms with Gasteiger partial charge in [0.25, 0.3) is 0 Å². The molecule has 1 aliphatic rings. The van der Waals surface area contributed by atoms with Crippen molar-refractivity contribution in [2.75, 3.05) is 25.0 Å². The SMILES string of the molecule is CN(Cc1ccccc1)S(=O)(=O)NC(=O)C1CCN(c2ncc(C(F)(F)F)cc2Cl)CC1. The number of pyridine rings is 1. The van der Waals surface area contributed by atoms with E-state index in [1.165, 1.54) is 7.05 Å². The Morgan fingerprint density at radius 1 is 1.25 bits per heavy atom.